The number of nitrogens with zero attached hydrogens (tertiary/aromatic N) is 1. The van der Waals surface area contributed by atoms with Gasteiger partial charge in [0.05, 0.1) is 10.8 Å². The first-order valence-corrected chi connectivity index (χ1v) is 10.9. The van der Waals surface area contributed by atoms with Crippen molar-refractivity contribution in [3.8, 4) is 5.75 Å². The number of hydrogen-bond acceptors (Lipinski definition) is 5. The zero-order valence-corrected chi connectivity index (χ0v) is 17.0. The summed E-state index contributed by atoms with van der Waals surface area (Å²) in [6.45, 7) is -0.0758. The fourth-order valence-corrected chi connectivity index (χ4v) is 3.73. The molecule has 3 rings (SSSR count). The van der Waals surface area contributed by atoms with E-state index in [4.69, 9.17) is 16.3 Å². The second-order valence-corrected chi connectivity index (χ2v) is 8.54. The molecular formula is C20H20ClN3O4S. The van der Waals surface area contributed by atoms with Crippen LogP contribution < -0.4 is 14.8 Å². The Kier molecular flexibility index (Phi) is 7.03. The van der Waals surface area contributed by atoms with E-state index in [2.05, 4.69) is 15.0 Å². The van der Waals surface area contributed by atoms with E-state index in [1.165, 1.54) is 0 Å². The number of benzene rings is 2. The quantitative estimate of drug-likeness (QED) is 0.540. The third-order valence-electron chi connectivity index (χ3n) is 4.07. The van der Waals surface area contributed by atoms with Crippen molar-refractivity contribution in [2.45, 2.75) is 6.54 Å². The highest BCUT2D eigenvalue weighted by Crippen LogP contribution is 2.29. The zero-order valence-electron chi connectivity index (χ0n) is 15.5. The molecule has 1 heterocycles. The first kappa shape index (κ1) is 21.0. The molecule has 0 spiro atoms. The Morgan fingerprint density at radius 2 is 1.86 bits per heavy atom. The Morgan fingerprint density at radius 1 is 1.07 bits per heavy atom. The monoisotopic (exact) mass is 433 g/mol. The summed E-state index contributed by atoms with van der Waals surface area (Å²) in [6, 6.07) is 16.1. The van der Waals surface area contributed by atoms with E-state index < -0.39 is 15.9 Å². The van der Waals surface area contributed by atoms with Crippen molar-refractivity contribution >= 4 is 38.4 Å². The number of aromatic nitrogens is 1. The first-order valence-electron chi connectivity index (χ1n) is 8.88. The summed E-state index contributed by atoms with van der Waals surface area (Å²) in [5.41, 5.74) is 1.41. The molecule has 0 aliphatic carbocycles. The fraction of sp³-hybridized carbons (Fsp3) is 0.200. The molecule has 0 saturated heterocycles. The van der Waals surface area contributed by atoms with Crippen molar-refractivity contribution < 1.29 is 17.9 Å². The Bertz CT molecular complexity index is 1090. The maximum Gasteiger partial charge on any atom is 0.257 e. The molecule has 0 saturated carbocycles. The van der Waals surface area contributed by atoms with Crippen LogP contribution in [0, 0.1) is 0 Å². The average molecular weight is 434 g/mol. The van der Waals surface area contributed by atoms with Crippen LogP contribution in [-0.2, 0) is 21.4 Å². The molecule has 1 aromatic heterocycles. The molecule has 0 aliphatic rings. The molecule has 2 N–H and O–H groups in total. The van der Waals surface area contributed by atoms with Gasteiger partial charge in [0, 0.05) is 24.7 Å². The molecule has 3 aromatic rings. The lowest BCUT2D eigenvalue weighted by Gasteiger charge is -2.10. The minimum absolute atomic E-state index is 0.0219. The van der Waals surface area contributed by atoms with Gasteiger partial charge in [0.1, 0.15) is 11.3 Å². The van der Waals surface area contributed by atoms with E-state index in [1.54, 1.807) is 24.4 Å². The molecule has 0 atom stereocenters. The number of ether oxygens (including phenoxy) is 1. The molecular weight excluding hydrogens is 414 g/mol. The summed E-state index contributed by atoms with van der Waals surface area (Å²) >= 11 is 6.13. The third-order valence-corrected chi connectivity index (χ3v) is 5.73. The van der Waals surface area contributed by atoms with Gasteiger partial charge in [-0.2, -0.15) is 0 Å². The number of rotatable bonds is 9. The summed E-state index contributed by atoms with van der Waals surface area (Å²) in [4.78, 5) is 16.2. The van der Waals surface area contributed by atoms with Crippen molar-refractivity contribution in [3.05, 3.63) is 71.4 Å². The summed E-state index contributed by atoms with van der Waals surface area (Å²) < 4.78 is 32.1. The molecule has 2 aromatic carbocycles. The summed E-state index contributed by atoms with van der Waals surface area (Å²) in [5.74, 6) is -0.226. The SMILES string of the molecule is O=C(COc1ccc(Cl)c2cccnc12)NCCS(=O)(=O)NCc1ccccc1. The Balaban J connectivity index is 1.45. The van der Waals surface area contributed by atoms with Crippen molar-refractivity contribution in [1.29, 1.82) is 0 Å². The molecule has 0 radical (unpaired) electrons. The number of halogens is 1. The molecule has 29 heavy (non-hydrogen) atoms. The largest absolute Gasteiger partial charge is 0.481 e. The lowest BCUT2D eigenvalue weighted by atomic mass is 10.2. The van der Waals surface area contributed by atoms with Gasteiger partial charge in [-0.1, -0.05) is 41.9 Å². The van der Waals surface area contributed by atoms with Gasteiger partial charge >= 0.3 is 0 Å². The van der Waals surface area contributed by atoms with Crippen LogP contribution in [0.1, 0.15) is 5.56 Å². The third kappa shape index (κ3) is 6.15. The van der Waals surface area contributed by atoms with E-state index in [9.17, 15) is 13.2 Å². The number of fused-ring (bicyclic) bond motifs is 1. The smallest absolute Gasteiger partial charge is 0.257 e. The van der Waals surface area contributed by atoms with E-state index >= 15 is 0 Å². The first-order chi connectivity index (χ1) is 13.9. The highest BCUT2D eigenvalue weighted by Gasteiger charge is 2.12. The summed E-state index contributed by atoms with van der Waals surface area (Å²) in [6.07, 6.45) is 1.61. The highest BCUT2D eigenvalue weighted by atomic mass is 35.5. The van der Waals surface area contributed by atoms with Crippen molar-refractivity contribution in [2.75, 3.05) is 18.9 Å². The minimum atomic E-state index is -3.51. The van der Waals surface area contributed by atoms with E-state index in [1.807, 2.05) is 36.4 Å². The Labute approximate surface area is 174 Å². The molecule has 152 valence electrons. The van der Waals surface area contributed by atoms with Crippen molar-refractivity contribution in [1.82, 2.24) is 15.0 Å². The van der Waals surface area contributed by atoms with Gasteiger partial charge in [-0.25, -0.2) is 13.1 Å². The fourth-order valence-electron chi connectivity index (χ4n) is 2.61. The standard InChI is InChI=1S/C20H20ClN3O4S/c21-17-8-9-18(20-16(17)7-4-10-23-20)28-14-19(25)22-11-12-29(26,27)24-13-15-5-2-1-3-6-15/h1-10,24H,11-14H2,(H,22,25). The summed E-state index contributed by atoms with van der Waals surface area (Å²) in [5, 5.41) is 3.80. The van der Waals surface area contributed by atoms with E-state index in [-0.39, 0.29) is 25.4 Å². The summed E-state index contributed by atoms with van der Waals surface area (Å²) in [7, 11) is -3.51. The van der Waals surface area contributed by atoms with Crippen LogP contribution in [0.15, 0.2) is 60.8 Å². The van der Waals surface area contributed by atoms with Crippen molar-refractivity contribution in [3.63, 3.8) is 0 Å². The molecule has 9 heteroatoms. The van der Waals surface area contributed by atoms with Gasteiger partial charge in [-0.15, -0.1) is 0 Å². The number of nitrogens with one attached hydrogen (secondary N) is 2. The van der Waals surface area contributed by atoms with E-state index in [0.29, 0.717) is 16.3 Å². The second kappa shape index (κ2) is 9.69. The molecule has 0 fully saturated rings. The lowest BCUT2D eigenvalue weighted by Crippen LogP contribution is -2.36. The van der Waals surface area contributed by atoms with Crippen LogP contribution in [0.4, 0.5) is 0 Å². The number of carbonyl (C=O) groups excluding carboxylic acids is 1. The second-order valence-electron chi connectivity index (χ2n) is 6.21. The number of carbonyl (C=O) groups is 1. The molecule has 0 unspecified atom stereocenters. The van der Waals surface area contributed by atoms with E-state index in [0.717, 1.165) is 10.9 Å². The van der Waals surface area contributed by atoms with Gasteiger partial charge in [-0.05, 0) is 29.8 Å². The predicted octanol–water partition coefficient (Wildman–Crippen LogP) is 2.50. The molecule has 0 aliphatic heterocycles. The number of sulfonamides is 1. The van der Waals surface area contributed by atoms with Gasteiger partial charge in [0.2, 0.25) is 10.0 Å². The maximum atomic E-state index is 12.0. The average Bonchev–Trinajstić information content (AvgIpc) is 2.73. The number of amides is 1. The lowest BCUT2D eigenvalue weighted by molar-refractivity contribution is -0.122. The number of pyridine rings is 1. The van der Waals surface area contributed by atoms with Gasteiger partial charge in [0.25, 0.3) is 5.91 Å². The van der Waals surface area contributed by atoms with Crippen LogP contribution in [0.5, 0.6) is 5.75 Å². The normalized spacial score (nSPS) is 11.3. The Morgan fingerprint density at radius 3 is 2.66 bits per heavy atom. The molecule has 7 nitrogen and oxygen atoms in total. The van der Waals surface area contributed by atoms with Crippen LogP contribution in [0.25, 0.3) is 10.9 Å². The van der Waals surface area contributed by atoms with Crippen LogP contribution in [0.3, 0.4) is 0 Å². The van der Waals surface area contributed by atoms with Crippen molar-refractivity contribution in [2.24, 2.45) is 0 Å². The zero-order chi connectivity index (χ0) is 20.7. The highest BCUT2D eigenvalue weighted by molar-refractivity contribution is 7.89. The molecule has 1 amide bonds. The minimum Gasteiger partial charge on any atom is -0.481 e. The predicted molar refractivity (Wildman–Crippen MR) is 112 cm³/mol. The Hall–Kier alpha value is -2.68. The number of hydrogen-bond donors (Lipinski definition) is 2. The van der Waals surface area contributed by atoms with Crippen LogP contribution >= 0.6 is 11.6 Å². The van der Waals surface area contributed by atoms with Crippen LogP contribution in [0.2, 0.25) is 5.02 Å². The van der Waals surface area contributed by atoms with Gasteiger partial charge in [0.15, 0.2) is 6.61 Å². The topological polar surface area (TPSA) is 97.4 Å². The molecule has 0 bridgehead atoms. The van der Waals surface area contributed by atoms with Gasteiger partial charge in [-0.3, -0.25) is 9.78 Å². The maximum absolute atomic E-state index is 12.0. The van der Waals surface area contributed by atoms with Gasteiger partial charge < -0.3 is 10.1 Å². The van der Waals surface area contributed by atoms with Crippen LogP contribution in [-0.4, -0.2) is 38.2 Å².